The van der Waals surface area contributed by atoms with Crippen LogP contribution in [0, 0.1) is 0 Å². The van der Waals surface area contributed by atoms with Crippen LogP contribution in [0.5, 0.6) is 11.5 Å². The maximum absolute atomic E-state index is 6.80. The van der Waals surface area contributed by atoms with Crippen molar-refractivity contribution in [2.45, 2.75) is 49.5 Å². The van der Waals surface area contributed by atoms with Crippen LogP contribution in [0.2, 0.25) is 0 Å². The molecule has 4 rings (SSSR count). The van der Waals surface area contributed by atoms with E-state index in [1.165, 1.54) is 0 Å². The van der Waals surface area contributed by atoms with Gasteiger partial charge in [-0.2, -0.15) is 0 Å². The summed E-state index contributed by atoms with van der Waals surface area (Å²) in [7, 11) is 0. The van der Waals surface area contributed by atoms with Crippen molar-refractivity contribution in [1.82, 2.24) is 9.97 Å². The molecule has 0 fully saturated rings. The Morgan fingerprint density at radius 3 is 1.52 bits per heavy atom. The highest BCUT2D eigenvalue weighted by molar-refractivity contribution is 6.21. The van der Waals surface area contributed by atoms with E-state index in [2.05, 4.69) is 19.1 Å². The second-order valence-electron chi connectivity index (χ2n) is 9.59. The number of nitrogens with zero attached hydrogens (tertiary/aromatic N) is 2. The van der Waals surface area contributed by atoms with Crippen molar-refractivity contribution in [2.24, 2.45) is 0 Å². The van der Waals surface area contributed by atoms with E-state index in [1.807, 2.05) is 24.8 Å². The van der Waals surface area contributed by atoms with Gasteiger partial charge in [0, 0.05) is 36.3 Å². The van der Waals surface area contributed by atoms with Crippen molar-refractivity contribution in [1.29, 1.82) is 0 Å². The van der Waals surface area contributed by atoms with Gasteiger partial charge in [0.25, 0.3) is 11.6 Å². The Morgan fingerprint density at radius 2 is 1.10 bits per heavy atom. The average Bonchev–Trinajstić information content (AvgIpc) is 3.61. The van der Waals surface area contributed by atoms with Crippen molar-refractivity contribution < 1.29 is 18.6 Å². The number of ether oxygens (including phenoxy) is 2. The normalized spacial score (nSPS) is 12.8. The van der Waals surface area contributed by atoms with E-state index in [9.17, 15) is 0 Å². The molecule has 0 aliphatic carbocycles. The number of aromatic nitrogens is 4. The second kappa shape index (κ2) is 14.0. The fraction of sp³-hybridized carbons (Fsp3) is 0.357. The number of hydrogen-bond donors (Lipinski definition) is 6. The van der Waals surface area contributed by atoms with Crippen LogP contribution in [-0.4, -0.2) is 23.2 Å². The molecule has 0 saturated carbocycles. The molecule has 0 amide bonds. The van der Waals surface area contributed by atoms with Crippen LogP contribution in [0.25, 0.3) is 0 Å². The molecule has 0 bridgehead atoms. The highest BCUT2D eigenvalue weighted by Gasteiger charge is 2.26. The molecular formula is C28H38Cl2N8O2+2. The number of nitrogens with one attached hydrogen (secondary N) is 2. The molecule has 2 atom stereocenters. The highest BCUT2D eigenvalue weighted by Crippen LogP contribution is 2.30. The van der Waals surface area contributed by atoms with E-state index >= 15 is 0 Å². The SMILES string of the molecule is Nc1ccc(N)c(OCCC[n+]2cc[nH]c2C(Cl)CCC(Cl)c2[nH]cc[n+]2CCCOc2cc(N)ccc2N)c1. The first-order valence-electron chi connectivity index (χ1n) is 13.3. The van der Waals surface area contributed by atoms with E-state index in [1.54, 1.807) is 36.4 Å². The third-order valence-corrected chi connectivity index (χ3v) is 7.38. The van der Waals surface area contributed by atoms with Gasteiger partial charge in [0.1, 0.15) is 47.0 Å². The van der Waals surface area contributed by atoms with Gasteiger partial charge in [0.15, 0.2) is 0 Å². The predicted molar refractivity (Wildman–Crippen MR) is 159 cm³/mol. The molecular weight excluding hydrogens is 551 g/mol. The predicted octanol–water partition coefficient (Wildman–Crippen LogP) is 4.23. The lowest BCUT2D eigenvalue weighted by Crippen LogP contribution is -2.38. The third kappa shape index (κ3) is 7.89. The van der Waals surface area contributed by atoms with Crippen LogP contribution in [0.3, 0.4) is 0 Å². The van der Waals surface area contributed by atoms with Gasteiger partial charge < -0.3 is 32.4 Å². The topological polar surface area (TPSA) is 162 Å². The summed E-state index contributed by atoms with van der Waals surface area (Å²) in [5, 5.41) is -0.440. The zero-order chi connectivity index (χ0) is 28.5. The van der Waals surface area contributed by atoms with E-state index in [0.29, 0.717) is 60.3 Å². The molecule has 0 spiro atoms. The monoisotopic (exact) mass is 588 g/mol. The molecule has 2 heterocycles. The molecule has 0 radical (unpaired) electrons. The number of nitrogen functional groups attached to an aromatic ring is 4. The van der Waals surface area contributed by atoms with Crippen LogP contribution in [-0.2, 0) is 13.1 Å². The Balaban J connectivity index is 1.21. The zero-order valence-electron chi connectivity index (χ0n) is 22.4. The Hall–Kier alpha value is -3.76. The van der Waals surface area contributed by atoms with Crippen LogP contribution < -0.4 is 41.5 Å². The van der Waals surface area contributed by atoms with Crippen LogP contribution in [0.1, 0.15) is 48.1 Å². The van der Waals surface area contributed by atoms with Gasteiger partial charge in [-0.3, -0.25) is 0 Å². The molecule has 214 valence electrons. The van der Waals surface area contributed by atoms with Crippen molar-refractivity contribution in [2.75, 3.05) is 36.1 Å². The van der Waals surface area contributed by atoms with Gasteiger partial charge in [0.05, 0.1) is 37.7 Å². The average molecular weight is 590 g/mol. The van der Waals surface area contributed by atoms with Gasteiger partial charge in [0.2, 0.25) is 0 Å². The summed E-state index contributed by atoms with van der Waals surface area (Å²) < 4.78 is 15.8. The number of nitrogens with two attached hydrogens (primary N) is 4. The van der Waals surface area contributed by atoms with Crippen molar-refractivity contribution in [3.05, 3.63) is 72.8 Å². The summed E-state index contributed by atoms with van der Waals surface area (Å²) in [6.45, 7) is 2.50. The quantitative estimate of drug-likeness (QED) is 0.0527. The molecule has 2 aromatic carbocycles. The first-order valence-corrected chi connectivity index (χ1v) is 14.2. The summed E-state index contributed by atoms with van der Waals surface area (Å²) in [4.78, 5) is 6.55. The second-order valence-corrected chi connectivity index (χ2v) is 10.6. The van der Waals surface area contributed by atoms with E-state index in [0.717, 1.165) is 37.6 Å². The fourth-order valence-corrected chi connectivity index (χ4v) is 5.06. The molecule has 4 aromatic rings. The molecule has 0 aliphatic rings. The highest BCUT2D eigenvalue weighted by atomic mass is 35.5. The number of hydrogen-bond acceptors (Lipinski definition) is 6. The van der Waals surface area contributed by atoms with Crippen molar-refractivity contribution in [3.63, 3.8) is 0 Å². The summed E-state index contributed by atoms with van der Waals surface area (Å²) in [6, 6.07) is 10.5. The smallest absolute Gasteiger partial charge is 0.272 e. The first-order chi connectivity index (χ1) is 19.3. The maximum atomic E-state index is 6.80. The molecule has 40 heavy (non-hydrogen) atoms. The minimum absolute atomic E-state index is 0.220. The first kappa shape index (κ1) is 29.2. The van der Waals surface area contributed by atoms with Crippen LogP contribution in [0.4, 0.5) is 22.7 Å². The summed E-state index contributed by atoms with van der Waals surface area (Å²) in [5.41, 5.74) is 25.9. The van der Waals surface area contributed by atoms with Gasteiger partial charge in [-0.15, -0.1) is 23.2 Å². The number of anilines is 4. The lowest BCUT2D eigenvalue weighted by Gasteiger charge is -2.11. The molecule has 0 aliphatic heterocycles. The van der Waals surface area contributed by atoms with E-state index < -0.39 is 0 Å². The zero-order valence-corrected chi connectivity index (χ0v) is 23.9. The number of halogens is 2. The van der Waals surface area contributed by atoms with Crippen molar-refractivity contribution >= 4 is 46.0 Å². The van der Waals surface area contributed by atoms with Gasteiger partial charge in [-0.05, 0) is 37.1 Å². The number of alkyl halides is 2. The Kier molecular flexibility index (Phi) is 10.3. The standard InChI is InChI=1S/C28H36Cl2N8O2/c29-21(27-35-9-13-37(27)11-1-15-39-25-17-19(31)3-7-23(25)33)5-6-22(30)28-36-10-14-38(28)12-2-16-40-26-18-20(32)4-8-24(26)34/h3-4,7-10,13-14,17-18,21-22H,1-2,5-6,11-12,15-16,31-34H2/p+2. The summed E-state index contributed by atoms with van der Waals surface area (Å²) in [5.74, 6) is 3.07. The molecule has 0 saturated heterocycles. The molecule has 10 nitrogen and oxygen atoms in total. The van der Waals surface area contributed by atoms with Gasteiger partial charge in [-0.25, -0.2) is 19.1 Å². The Bertz CT molecular complexity index is 1270. The molecule has 10 N–H and O–H groups in total. The lowest BCUT2D eigenvalue weighted by molar-refractivity contribution is -0.704. The number of benzene rings is 2. The summed E-state index contributed by atoms with van der Waals surface area (Å²) in [6.07, 6.45) is 10.7. The maximum Gasteiger partial charge on any atom is 0.272 e. The van der Waals surface area contributed by atoms with Crippen LogP contribution >= 0.6 is 23.2 Å². The van der Waals surface area contributed by atoms with Gasteiger partial charge >= 0.3 is 0 Å². The minimum atomic E-state index is -0.220. The number of H-pyrrole nitrogens is 2. The van der Waals surface area contributed by atoms with E-state index in [-0.39, 0.29) is 10.8 Å². The number of aromatic amines is 2. The fourth-order valence-electron chi connectivity index (χ4n) is 4.43. The largest absolute Gasteiger partial charge is 0.491 e. The van der Waals surface area contributed by atoms with Crippen molar-refractivity contribution in [3.8, 4) is 11.5 Å². The third-order valence-electron chi connectivity index (χ3n) is 6.53. The Labute approximate surface area is 244 Å². The summed E-state index contributed by atoms with van der Waals surface area (Å²) >= 11 is 13.6. The van der Waals surface area contributed by atoms with Crippen LogP contribution in [0.15, 0.2) is 61.2 Å². The number of aryl methyl sites for hydroxylation is 2. The van der Waals surface area contributed by atoms with Gasteiger partial charge in [-0.1, -0.05) is 0 Å². The number of rotatable bonds is 15. The molecule has 2 unspecified atom stereocenters. The Morgan fingerprint density at radius 1 is 0.675 bits per heavy atom. The lowest BCUT2D eigenvalue weighted by atomic mass is 10.1. The van der Waals surface area contributed by atoms with E-state index in [4.69, 9.17) is 55.6 Å². The molecule has 2 aromatic heterocycles. The number of imidazole rings is 2. The molecule has 12 heteroatoms. The minimum Gasteiger partial charge on any atom is -0.491 e.